The molecule has 1 radical (unpaired) electrons. The Balaban J connectivity index is 1.73. The average molecular weight is 541 g/mol. The Hall–Kier alpha value is -3.53. The molecule has 4 aromatic carbocycles. The van der Waals surface area contributed by atoms with E-state index in [1.54, 1.807) is 18.3 Å². The van der Waals surface area contributed by atoms with Gasteiger partial charge in [-0.3, -0.25) is 5.11 Å². The zero-order chi connectivity index (χ0) is 27.0. The molecule has 1 aromatic heterocycles. The monoisotopic (exact) mass is 540 g/mol. The number of hydrogen-bond acceptors (Lipinski definition) is 2. The Morgan fingerprint density at radius 2 is 1.42 bits per heavy atom. The van der Waals surface area contributed by atoms with Crippen molar-refractivity contribution in [3.05, 3.63) is 106 Å². The smallest absolute Gasteiger partial charge is 0.182 e. The van der Waals surface area contributed by atoms with Crippen LogP contribution in [0, 0.1) is 0 Å². The normalized spacial score (nSPS) is 11.5. The highest BCUT2D eigenvalue weighted by Crippen LogP contribution is 2.47. The summed E-state index contributed by atoms with van der Waals surface area (Å²) in [7, 11) is 0. The number of nitrogens with zero attached hydrogens (tertiary/aromatic N) is 1. The van der Waals surface area contributed by atoms with Gasteiger partial charge in [0.25, 0.3) is 0 Å². The molecule has 0 amide bonds. The van der Waals surface area contributed by atoms with Crippen molar-refractivity contribution >= 4 is 34.0 Å². The number of aromatic nitrogens is 1. The summed E-state index contributed by atoms with van der Waals surface area (Å²) in [6, 6.07) is 25.6. The summed E-state index contributed by atoms with van der Waals surface area (Å²) >= 11 is 12.4. The number of halogens is 2. The minimum atomic E-state index is 0.00926. The molecule has 5 rings (SSSR count). The summed E-state index contributed by atoms with van der Waals surface area (Å²) in [6.45, 7) is 8.35. The quantitative estimate of drug-likeness (QED) is 0.201. The average Bonchev–Trinajstić information content (AvgIpc) is 2.90. The lowest BCUT2D eigenvalue weighted by atomic mass is 9.88. The van der Waals surface area contributed by atoms with E-state index < -0.39 is 0 Å². The van der Waals surface area contributed by atoms with E-state index in [4.69, 9.17) is 27.9 Å². The van der Waals surface area contributed by atoms with Crippen LogP contribution in [0.2, 0.25) is 10.2 Å². The Bertz CT molecular complexity index is 1640. The standard InChI is InChI=1S/C33H28Cl2NO2/c1-19(2)30-24(22-17-26(34)33(35)36-18-22)12-8-14-28(30)38-29-16-15-27(37)31(20(3)4)32(29)25-13-7-10-21-9-5-6-11-23(21)25/h5-20H,1-4H3. The summed E-state index contributed by atoms with van der Waals surface area (Å²) in [6.07, 6.45) is 1.73. The molecular formula is C33H28Cl2NO2. The van der Waals surface area contributed by atoms with Crippen molar-refractivity contribution in [2.24, 2.45) is 0 Å². The van der Waals surface area contributed by atoms with E-state index in [-0.39, 0.29) is 22.7 Å². The highest BCUT2D eigenvalue weighted by atomic mass is 35.5. The van der Waals surface area contributed by atoms with E-state index in [0.717, 1.165) is 49.9 Å². The summed E-state index contributed by atoms with van der Waals surface area (Å²) < 4.78 is 6.75. The van der Waals surface area contributed by atoms with Crippen LogP contribution in [0.4, 0.5) is 0 Å². The SMILES string of the molecule is CC(C)c1c(Oc2ccc([O])c(C(C)C)c2-c2cccc3ccccc23)cccc1-c1cnc(Cl)c(Cl)c1. The molecule has 0 aliphatic heterocycles. The summed E-state index contributed by atoms with van der Waals surface area (Å²) in [5.41, 5.74) is 5.42. The molecule has 0 spiro atoms. The van der Waals surface area contributed by atoms with Gasteiger partial charge in [0.05, 0.1) is 5.02 Å². The van der Waals surface area contributed by atoms with Gasteiger partial charge in [0.15, 0.2) is 5.75 Å². The molecule has 0 bridgehead atoms. The van der Waals surface area contributed by atoms with Gasteiger partial charge in [0, 0.05) is 28.5 Å². The third-order valence-corrected chi connectivity index (χ3v) is 7.46. The molecular weight excluding hydrogens is 513 g/mol. The molecule has 38 heavy (non-hydrogen) atoms. The number of rotatable bonds is 6. The Morgan fingerprint density at radius 3 is 2.16 bits per heavy atom. The predicted octanol–water partition coefficient (Wildman–Crippen LogP) is 11.1. The van der Waals surface area contributed by atoms with Crippen molar-refractivity contribution in [3.63, 3.8) is 0 Å². The van der Waals surface area contributed by atoms with Crippen molar-refractivity contribution in [1.82, 2.24) is 4.98 Å². The van der Waals surface area contributed by atoms with Gasteiger partial charge in [0.1, 0.15) is 16.7 Å². The van der Waals surface area contributed by atoms with Crippen molar-refractivity contribution in [2.45, 2.75) is 39.5 Å². The zero-order valence-corrected chi connectivity index (χ0v) is 23.3. The topological polar surface area (TPSA) is 42.0 Å². The second-order valence-electron chi connectivity index (χ2n) is 10.0. The van der Waals surface area contributed by atoms with Crippen molar-refractivity contribution in [1.29, 1.82) is 0 Å². The van der Waals surface area contributed by atoms with Crippen LogP contribution in [0.25, 0.3) is 33.0 Å². The minimum absolute atomic E-state index is 0.00926. The maximum absolute atomic E-state index is 13.2. The first-order chi connectivity index (χ1) is 18.3. The number of fused-ring (bicyclic) bond motifs is 1. The molecule has 0 aliphatic rings. The van der Waals surface area contributed by atoms with E-state index in [0.29, 0.717) is 10.8 Å². The highest BCUT2D eigenvalue weighted by molar-refractivity contribution is 6.41. The fourth-order valence-electron chi connectivity index (χ4n) is 5.13. The second-order valence-corrected chi connectivity index (χ2v) is 10.8. The maximum atomic E-state index is 13.2. The number of benzene rings is 4. The Morgan fingerprint density at radius 1 is 0.737 bits per heavy atom. The fourth-order valence-corrected chi connectivity index (χ4v) is 5.40. The first-order valence-electron chi connectivity index (χ1n) is 12.7. The van der Waals surface area contributed by atoms with Gasteiger partial charge < -0.3 is 4.74 Å². The van der Waals surface area contributed by atoms with E-state index in [1.807, 2.05) is 56.3 Å². The van der Waals surface area contributed by atoms with Crippen LogP contribution in [-0.2, 0) is 5.11 Å². The van der Waals surface area contributed by atoms with Gasteiger partial charge in [-0.25, -0.2) is 4.98 Å². The first-order valence-corrected chi connectivity index (χ1v) is 13.5. The third-order valence-electron chi connectivity index (χ3n) is 6.77. The van der Waals surface area contributed by atoms with Gasteiger partial charge in [0.2, 0.25) is 0 Å². The number of pyridine rings is 1. The molecule has 1 heterocycles. The van der Waals surface area contributed by atoms with Crippen LogP contribution >= 0.6 is 23.2 Å². The number of ether oxygens (including phenoxy) is 1. The minimum Gasteiger partial charge on any atom is -0.456 e. The summed E-state index contributed by atoms with van der Waals surface area (Å²) in [5.74, 6) is 1.53. The third kappa shape index (κ3) is 4.84. The van der Waals surface area contributed by atoms with E-state index >= 15 is 0 Å². The fraction of sp³-hybridized carbons (Fsp3) is 0.182. The van der Waals surface area contributed by atoms with E-state index in [9.17, 15) is 5.11 Å². The second kappa shape index (κ2) is 10.7. The molecule has 5 heteroatoms. The molecule has 0 fully saturated rings. The van der Waals surface area contributed by atoms with Crippen LogP contribution in [-0.4, -0.2) is 4.98 Å². The van der Waals surface area contributed by atoms with Crippen LogP contribution < -0.4 is 4.74 Å². The largest absolute Gasteiger partial charge is 0.456 e. The van der Waals surface area contributed by atoms with Crippen LogP contribution in [0.15, 0.2) is 85.1 Å². The predicted molar refractivity (Wildman–Crippen MR) is 157 cm³/mol. The van der Waals surface area contributed by atoms with Crippen molar-refractivity contribution < 1.29 is 9.84 Å². The summed E-state index contributed by atoms with van der Waals surface area (Å²) in [4.78, 5) is 4.25. The lowest BCUT2D eigenvalue weighted by molar-refractivity contribution is 0.347. The molecule has 0 unspecified atom stereocenters. The van der Waals surface area contributed by atoms with Gasteiger partial charge in [-0.1, -0.05) is 105 Å². The van der Waals surface area contributed by atoms with Gasteiger partial charge in [-0.05, 0) is 58.0 Å². The van der Waals surface area contributed by atoms with Crippen LogP contribution in [0.3, 0.4) is 0 Å². The van der Waals surface area contributed by atoms with Gasteiger partial charge in [-0.2, -0.15) is 0 Å². The van der Waals surface area contributed by atoms with Gasteiger partial charge >= 0.3 is 0 Å². The van der Waals surface area contributed by atoms with E-state index in [2.05, 4.69) is 43.1 Å². The molecule has 191 valence electrons. The molecule has 0 saturated heterocycles. The lowest BCUT2D eigenvalue weighted by Gasteiger charge is -2.22. The maximum Gasteiger partial charge on any atom is 0.182 e. The Kier molecular flexibility index (Phi) is 7.34. The van der Waals surface area contributed by atoms with E-state index in [1.165, 1.54) is 0 Å². The molecule has 0 aliphatic carbocycles. The first kappa shape index (κ1) is 26.1. The van der Waals surface area contributed by atoms with Crippen LogP contribution in [0.5, 0.6) is 17.2 Å². The van der Waals surface area contributed by atoms with Gasteiger partial charge in [-0.15, -0.1) is 0 Å². The molecule has 0 N–H and O–H groups in total. The molecule has 0 saturated carbocycles. The Labute approximate surface area is 233 Å². The number of hydrogen-bond donors (Lipinski definition) is 0. The summed E-state index contributed by atoms with van der Waals surface area (Å²) in [5, 5.41) is 16.0. The van der Waals surface area contributed by atoms with Crippen molar-refractivity contribution in [2.75, 3.05) is 0 Å². The zero-order valence-electron chi connectivity index (χ0n) is 21.8. The highest BCUT2D eigenvalue weighted by Gasteiger charge is 2.23. The molecule has 3 nitrogen and oxygen atoms in total. The molecule has 5 aromatic rings. The lowest BCUT2D eigenvalue weighted by Crippen LogP contribution is -2.01. The van der Waals surface area contributed by atoms with Crippen molar-refractivity contribution in [3.8, 4) is 39.5 Å². The molecule has 0 atom stereocenters. The van der Waals surface area contributed by atoms with Crippen LogP contribution in [0.1, 0.15) is 50.7 Å².